The minimum atomic E-state index is -4.23. The summed E-state index contributed by atoms with van der Waals surface area (Å²) in [6.07, 6.45) is -0.478. The van der Waals surface area contributed by atoms with Crippen LogP contribution in [-0.4, -0.2) is 77.5 Å². The molecule has 31 heavy (non-hydrogen) atoms. The summed E-state index contributed by atoms with van der Waals surface area (Å²) in [6, 6.07) is 0. The summed E-state index contributed by atoms with van der Waals surface area (Å²) in [5, 5.41) is 32.2. The van der Waals surface area contributed by atoms with Crippen molar-refractivity contribution in [2.75, 3.05) is 31.3 Å². The predicted octanol–water partition coefficient (Wildman–Crippen LogP) is 0.418. The molecule has 2 rings (SSSR count). The third kappa shape index (κ3) is 5.89. The van der Waals surface area contributed by atoms with Crippen LogP contribution >= 0.6 is 7.60 Å². The predicted molar refractivity (Wildman–Crippen MR) is 113 cm³/mol. The average Bonchev–Trinajstić information content (AvgIpc) is 3.13. The Labute approximate surface area is 179 Å². The number of imidazole rings is 1. The van der Waals surface area contributed by atoms with E-state index in [-0.39, 0.29) is 24.6 Å². The molecule has 0 saturated heterocycles. The Bertz CT molecular complexity index is 926. The van der Waals surface area contributed by atoms with Crippen molar-refractivity contribution in [3.63, 3.8) is 0 Å². The summed E-state index contributed by atoms with van der Waals surface area (Å²) in [6.45, 7) is 3.96. The quantitative estimate of drug-likeness (QED) is 0.238. The second kappa shape index (κ2) is 10.2. The first-order chi connectivity index (χ1) is 14.5. The number of ether oxygens (including phenoxy) is 1. The molecule has 2 aromatic heterocycles. The van der Waals surface area contributed by atoms with Crippen molar-refractivity contribution in [3.05, 3.63) is 6.33 Å². The maximum absolute atomic E-state index is 12.1. The maximum atomic E-state index is 12.1. The van der Waals surface area contributed by atoms with Crippen molar-refractivity contribution in [1.82, 2.24) is 19.5 Å². The van der Waals surface area contributed by atoms with E-state index in [1.165, 1.54) is 17.8 Å². The third-order valence-corrected chi connectivity index (χ3v) is 6.60. The molecule has 0 aliphatic rings. The summed E-state index contributed by atoms with van der Waals surface area (Å²) in [7, 11) is -2.58. The topological polar surface area (TPSA) is 198 Å². The molecule has 0 bridgehead atoms. The maximum Gasteiger partial charge on any atom is 0.356 e. The van der Waals surface area contributed by atoms with E-state index in [4.69, 9.17) is 15.0 Å². The summed E-state index contributed by atoms with van der Waals surface area (Å²) in [5.41, 5.74) is 5.37. The van der Waals surface area contributed by atoms with E-state index in [1.54, 1.807) is 20.9 Å². The van der Waals surface area contributed by atoms with E-state index in [0.717, 1.165) is 0 Å². The fraction of sp³-hybridized carbons (Fsp3) is 0.706. The molecule has 176 valence electrons. The van der Waals surface area contributed by atoms with Crippen LogP contribution in [0.25, 0.3) is 11.2 Å². The molecule has 2 heterocycles. The second-order valence-electron chi connectivity index (χ2n) is 7.36. The molecule has 5 atom stereocenters. The van der Waals surface area contributed by atoms with Gasteiger partial charge in [-0.25, -0.2) is 4.98 Å². The van der Waals surface area contributed by atoms with E-state index >= 15 is 0 Å². The van der Waals surface area contributed by atoms with Gasteiger partial charge < -0.3 is 40.5 Å². The lowest BCUT2D eigenvalue weighted by molar-refractivity contribution is -0.106. The molecule has 0 spiro atoms. The van der Waals surface area contributed by atoms with Crippen molar-refractivity contribution in [2.45, 2.75) is 57.4 Å². The number of aliphatic hydroxyl groups is 3. The highest BCUT2D eigenvalue weighted by Gasteiger charge is 2.37. The number of nitrogens with two attached hydrogens (primary N) is 1. The standard InChI is InChI=1S/C17H31N6O7P/c1-5-17(3,30-31(27,28)10(2)25)6-7-29-15(11(26)8-24)23-9-20-12-13(19-4)21-16(18)22-14(12)23/h9-11,15,24-26H,5-8H2,1-4H3,(H,27,28)(H3,18,19,21,22)/t10?,11-,15-,17?/m1/s1. The van der Waals surface area contributed by atoms with Crippen LogP contribution in [0.4, 0.5) is 11.8 Å². The Morgan fingerprint density at radius 3 is 2.61 bits per heavy atom. The molecule has 0 aromatic carbocycles. The molecule has 0 aliphatic heterocycles. The molecule has 13 nitrogen and oxygen atoms in total. The van der Waals surface area contributed by atoms with Crippen LogP contribution in [0.3, 0.4) is 0 Å². The van der Waals surface area contributed by atoms with Gasteiger partial charge in [-0.1, -0.05) is 6.92 Å². The minimum Gasteiger partial charge on any atom is -0.394 e. The van der Waals surface area contributed by atoms with E-state index in [0.29, 0.717) is 17.8 Å². The third-order valence-electron chi connectivity index (χ3n) is 4.96. The van der Waals surface area contributed by atoms with Gasteiger partial charge in [0.15, 0.2) is 29.1 Å². The highest BCUT2D eigenvalue weighted by Crippen LogP contribution is 2.51. The highest BCUT2D eigenvalue weighted by atomic mass is 31.2. The van der Waals surface area contributed by atoms with Crippen LogP contribution < -0.4 is 11.1 Å². The van der Waals surface area contributed by atoms with Crippen LogP contribution in [-0.2, 0) is 13.8 Å². The molecule has 14 heteroatoms. The SMILES string of the molecule is CCC(C)(CCO[C@H]([C@H](O)CO)n1cnc2c(NC)nc(N)nc21)OP(=O)(O)C(C)O. The molecule has 0 saturated carbocycles. The van der Waals surface area contributed by atoms with Crippen LogP contribution in [0.2, 0.25) is 0 Å². The number of hydrogen-bond acceptors (Lipinski definition) is 11. The lowest BCUT2D eigenvalue weighted by atomic mass is 10.0. The average molecular weight is 462 g/mol. The van der Waals surface area contributed by atoms with Gasteiger partial charge in [-0.2, -0.15) is 9.97 Å². The fourth-order valence-corrected chi connectivity index (χ4v) is 3.84. The van der Waals surface area contributed by atoms with Gasteiger partial charge in [0.1, 0.15) is 6.10 Å². The zero-order chi connectivity index (χ0) is 23.4. The highest BCUT2D eigenvalue weighted by molar-refractivity contribution is 7.53. The number of hydrogen-bond donors (Lipinski definition) is 6. The smallest absolute Gasteiger partial charge is 0.356 e. The fourth-order valence-electron chi connectivity index (χ4n) is 2.84. The zero-order valence-corrected chi connectivity index (χ0v) is 18.9. The van der Waals surface area contributed by atoms with Crippen LogP contribution in [0.1, 0.15) is 39.8 Å². The first-order valence-corrected chi connectivity index (χ1v) is 11.4. The van der Waals surface area contributed by atoms with Crippen molar-refractivity contribution in [1.29, 1.82) is 0 Å². The van der Waals surface area contributed by atoms with E-state index < -0.39 is 38.0 Å². The molecular formula is C17H31N6O7P. The van der Waals surface area contributed by atoms with E-state index in [1.807, 2.05) is 0 Å². The number of nitrogen functional groups attached to an aromatic ring is 1. The summed E-state index contributed by atoms with van der Waals surface area (Å²) < 4.78 is 24.6. The van der Waals surface area contributed by atoms with Gasteiger partial charge in [0.2, 0.25) is 5.95 Å². The molecule has 3 unspecified atom stereocenters. The Hall–Kier alpha value is -1.86. The lowest BCUT2D eigenvalue weighted by Crippen LogP contribution is -2.33. The van der Waals surface area contributed by atoms with Gasteiger partial charge in [0, 0.05) is 13.5 Å². The molecule has 0 radical (unpaired) electrons. The Kier molecular flexibility index (Phi) is 8.34. The number of aliphatic hydroxyl groups excluding tert-OH is 3. The van der Waals surface area contributed by atoms with Crippen LogP contribution in [0.15, 0.2) is 6.33 Å². The van der Waals surface area contributed by atoms with Gasteiger partial charge >= 0.3 is 7.60 Å². The number of rotatable bonds is 12. The van der Waals surface area contributed by atoms with Crippen LogP contribution in [0.5, 0.6) is 0 Å². The van der Waals surface area contributed by atoms with Gasteiger partial charge in [-0.15, -0.1) is 0 Å². The summed E-state index contributed by atoms with van der Waals surface area (Å²) in [5.74, 6) is -1.16. The number of aromatic nitrogens is 4. The normalized spacial score (nSPS) is 18.8. The molecule has 0 amide bonds. The Morgan fingerprint density at radius 1 is 1.39 bits per heavy atom. The van der Waals surface area contributed by atoms with E-state index in [9.17, 15) is 24.8 Å². The number of nitrogens with zero attached hydrogens (tertiary/aromatic N) is 4. The lowest BCUT2D eigenvalue weighted by Gasteiger charge is -2.32. The van der Waals surface area contributed by atoms with Crippen molar-refractivity contribution in [3.8, 4) is 0 Å². The molecule has 2 aromatic rings. The summed E-state index contributed by atoms with van der Waals surface area (Å²) in [4.78, 5) is 22.3. The van der Waals surface area contributed by atoms with E-state index in [2.05, 4.69) is 20.3 Å². The molecule has 0 fully saturated rings. The first kappa shape index (κ1) is 25.4. The van der Waals surface area contributed by atoms with Gasteiger partial charge in [-0.3, -0.25) is 9.13 Å². The summed E-state index contributed by atoms with van der Waals surface area (Å²) >= 11 is 0. The zero-order valence-electron chi connectivity index (χ0n) is 18.0. The molecule has 7 N–H and O–H groups in total. The Balaban J connectivity index is 2.25. The van der Waals surface area contributed by atoms with Crippen molar-refractivity contribution < 1.29 is 34.0 Å². The molecular weight excluding hydrogens is 431 g/mol. The van der Waals surface area contributed by atoms with Crippen LogP contribution in [0, 0.1) is 0 Å². The van der Waals surface area contributed by atoms with Crippen molar-refractivity contribution in [2.24, 2.45) is 0 Å². The Morgan fingerprint density at radius 2 is 2.06 bits per heavy atom. The van der Waals surface area contributed by atoms with Crippen molar-refractivity contribution >= 4 is 30.5 Å². The van der Waals surface area contributed by atoms with Gasteiger partial charge in [0.25, 0.3) is 0 Å². The second-order valence-corrected chi connectivity index (χ2v) is 9.41. The number of nitrogens with one attached hydrogen (secondary N) is 1. The minimum absolute atomic E-state index is 0.00893. The number of fused-ring (bicyclic) bond motifs is 1. The van der Waals surface area contributed by atoms with Gasteiger partial charge in [-0.05, 0) is 20.3 Å². The number of anilines is 2. The monoisotopic (exact) mass is 462 g/mol. The van der Waals surface area contributed by atoms with Gasteiger partial charge in [0.05, 0.1) is 25.1 Å². The first-order valence-electron chi connectivity index (χ1n) is 9.77. The molecule has 0 aliphatic carbocycles. The largest absolute Gasteiger partial charge is 0.394 e.